The zero-order valence-electron chi connectivity index (χ0n) is 16.6. The highest BCUT2D eigenvalue weighted by atomic mass is 19.1. The molecule has 0 unspecified atom stereocenters. The van der Waals surface area contributed by atoms with Gasteiger partial charge in [-0.1, -0.05) is 42.3 Å². The number of fused-ring (bicyclic) bond motifs is 5. The molecule has 0 saturated heterocycles. The van der Waals surface area contributed by atoms with Crippen molar-refractivity contribution in [2.75, 3.05) is 0 Å². The predicted octanol–water partition coefficient (Wildman–Crippen LogP) is 5.93. The van der Waals surface area contributed by atoms with Gasteiger partial charge in [0.1, 0.15) is 5.82 Å². The van der Waals surface area contributed by atoms with Crippen LogP contribution >= 0.6 is 0 Å². The number of hydrogen-bond donors (Lipinski definition) is 1. The molecule has 2 saturated carbocycles. The molecule has 1 heterocycles. The quantitative estimate of drug-likeness (QED) is 0.486. The van der Waals surface area contributed by atoms with Crippen LogP contribution in [0.2, 0.25) is 0 Å². The second kappa shape index (κ2) is 6.13. The molecule has 1 aromatic rings. The number of hydrogen-bond acceptors (Lipinski definition) is 3. The zero-order valence-corrected chi connectivity index (χ0v) is 16.6. The van der Waals surface area contributed by atoms with Crippen LogP contribution in [0.4, 0.5) is 4.39 Å². The lowest BCUT2D eigenvalue weighted by Crippen LogP contribution is -2.47. The van der Waals surface area contributed by atoms with Crippen molar-refractivity contribution in [3.63, 3.8) is 0 Å². The first-order valence-electron chi connectivity index (χ1n) is 10.4. The van der Waals surface area contributed by atoms with Gasteiger partial charge >= 0.3 is 0 Å². The van der Waals surface area contributed by atoms with Crippen LogP contribution in [0.1, 0.15) is 57.9 Å². The maximum absolute atomic E-state index is 13.8. The van der Waals surface area contributed by atoms with Crippen molar-refractivity contribution >= 4 is 11.3 Å². The van der Waals surface area contributed by atoms with E-state index >= 15 is 0 Å². The van der Waals surface area contributed by atoms with Gasteiger partial charge in [-0.15, -0.1) is 0 Å². The van der Waals surface area contributed by atoms with Gasteiger partial charge in [-0.3, -0.25) is 4.98 Å². The maximum Gasteiger partial charge on any atom is 0.142 e. The summed E-state index contributed by atoms with van der Waals surface area (Å²) in [6.45, 7) is 4.76. The lowest BCUT2D eigenvalue weighted by atomic mass is 9.48. The number of halogens is 1. The highest BCUT2D eigenvalue weighted by Crippen LogP contribution is 2.65. The van der Waals surface area contributed by atoms with E-state index in [1.165, 1.54) is 29.3 Å². The van der Waals surface area contributed by atoms with Crippen molar-refractivity contribution < 1.29 is 9.60 Å². The van der Waals surface area contributed by atoms with Gasteiger partial charge in [0.2, 0.25) is 0 Å². The largest absolute Gasteiger partial charge is 0.411 e. The molecule has 4 atom stereocenters. The second-order valence-corrected chi connectivity index (χ2v) is 9.40. The molecule has 28 heavy (non-hydrogen) atoms. The van der Waals surface area contributed by atoms with E-state index in [1.807, 2.05) is 0 Å². The highest BCUT2D eigenvalue weighted by molar-refractivity contribution is 5.96. The lowest BCUT2D eigenvalue weighted by Gasteiger charge is -2.56. The molecule has 2 fully saturated rings. The van der Waals surface area contributed by atoms with Crippen LogP contribution in [-0.4, -0.2) is 15.9 Å². The summed E-state index contributed by atoms with van der Waals surface area (Å²) in [5, 5.41) is 12.7. The van der Waals surface area contributed by atoms with E-state index in [0.29, 0.717) is 11.8 Å². The van der Waals surface area contributed by atoms with Crippen molar-refractivity contribution in [1.29, 1.82) is 0 Å². The van der Waals surface area contributed by atoms with E-state index in [2.05, 4.69) is 42.2 Å². The summed E-state index contributed by atoms with van der Waals surface area (Å²) >= 11 is 0. The third-order valence-electron chi connectivity index (χ3n) is 8.16. The zero-order chi connectivity index (χ0) is 19.5. The molecule has 5 rings (SSSR count). The number of nitrogens with zero attached hydrogens (tertiary/aromatic N) is 2. The van der Waals surface area contributed by atoms with Gasteiger partial charge in [0.25, 0.3) is 0 Å². The Morgan fingerprint density at radius 3 is 2.79 bits per heavy atom. The topological polar surface area (TPSA) is 45.5 Å². The van der Waals surface area contributed by atoms with Gasteiger partial charge in [-0.25, -0.2) is 4.39 Å². The first kappa shape index (κ1) is 17.8. The van der Waals surface area contributed by atoms with Crippen LogP contribution in [0.15, 0.2) is 53.0 Å². The smallest absolute Gasteiger partial charge is 0.142 e. The monoisotopic (exact) mass is 378 g/mol. The number of oxime groups is 1. The normalized spacial score (nSPS) is 38.1. The van der Waals surface area contributed by atoms with Gasteiger partial charge in [0.15, 0.2) is 0 Å². The number of pyridine rings is 1. The highest BCUT2D eigenvalue weighted by Gasteiger charge is 2.54. The molecule has 4 heteroatoms. The van der Waals surface area contributed by atoms with Crippen LogP contribution in [0.5, 0.6) is 0 Å². The lowest BCUT2D eigenvalue weighted by molar-refractivity contribution is 0.0716. The molecule has 1 aromatic heterocycles. The third-order valence-corrected chi connectivity index (χ3v) is 8.16. The molecule has 0 radical (unpaired) electrons. The SMILES string of the molecule is C[C@]12CC[C@H]3[C@@H](CCC4=C/C(=N/O)CC[C@@]43C)C1=CC=C2c1cncc(F)c1. The van der Waals surface area contributed by atoms with E-state index in [0.717, 1.165) is 43.4 Å². The van der Waals surface area contributed by atoms with Crippen molar-refractivity contribution in [3.05, 3.63) is 59.2 Å². The van der Waals surface area contributed by atoms with Gasteiger partial charge in [-0.05, 0) is 79.1 Å². The fourth-order valence-corrected chi connectivity index (χ4v) is 6.62. The van der Waals surface area contributed by atoms with Crippen LogP contribution in [0.25, 0.3) is 5.57 Å². The summed E-state index contributed by atoms with van der Waals surface area (Å²) in [6, 6.07) is 1.62. The summed E-state index contributed by atoms with van der Waals surface area (Å²) < 4.78 is 13.8. The minimum absolute atomic E-state index is 0.0133. The van der Waals surface area contributed by atoms with Crippen LogP contribution < -0.4 is 0 Å². The van der Waals surface area contributed by atoms with Crippen LogP contribution in [-0.2, 0) is 0 Å². The fraction of sp³-hybridized carbons (Fsp3) is 0.500. The predicted molar refractivity (Wildman–Crippen MR) is 108 cm³/mol. The number of aromatic nitrogens is 1. The molecule has 0 aromatic carbocycles. The summed E-state index contributed by atoms with van der Waals surface area (Å²) in [7, 11) is 0. The Hall–Kier alpha value is -2.23. The Morgan fingerprint density at radius 2 is 2.00 bits per heavy atom. The molecule has 4 aliphatic rings. The molecule has 0 bridgehead atoms. The van der Waals surface area contributed by atoms with E-state index in [-0.39, 0.29) is 16.6 Å². The molecule has 0 aliphatic heterocycles. The first-order chi connectivity index (χ1) is 13.5. The van der Waals surface area contributed by atoms with Crippen molar-refractivity contribution in [3.8, 4) is 0 Å². The van der Waals surface area contributed by atoms with E-state index in [9.17, 15) is 9.60 Å². The van der Waals surface area contributed by atoms with Crippen molar-refractivity contribution in [1.82, 2.24) is 4.98 Å². The number of rotatable bonds is 1. The van der Waals surface area contributed by atoms with E-state index in [4.69, 9.17) is 0 Å². The molecular weight excluding hydrogens is 351 g/mol. The Balaban J connectivity index is 1.48. The Labute approximate surface area is 165 Å². The minimum Gasteiger partial charge on any atom is -0.411 e. The summed E-state index contributed by atoms with van der Waals surface area (Å²) in [5.74, 6) is 0.932. The molecule has 0 amide bonds. The van der Waals surface area contributed by atoms with Gasteiger partial charge in [-0.2, -0.15) is 0 Å². The minimum atomic E-state index is -0.271. The van der Waals surface area contributed by atoms with Gasteiger partial charge in [0, 0.05) is 11.6 Å². The molecular formula is C24H27FN2O. The standard InChI is InChI=1S/C24H27FN2O/c1-23-9-7-18(27-28)12-16(23)3-4-19-21-6-5-20(15-11-17(25)14-26-13-15)24(21,2)10-8-22(19)23/h5-6,11-14,19,22,28H,3-4,7-10H2,1-2H3/b27-18+/t19-,22-,23-,24+/m0/s1. The summed E-state index contributed by atoms with van der Waals surface area (Å²) in [6.07, 6.45) is 16.2. The summed E-state index contributed by atoms with van der Waals surface area (Å²) in [5.41, 5.74) is 6.15. The first-order valence-corrected chi connectivity index (χ1v) is 10.4. The number of allylic oxidation sites excluding steroid dienone is 6. The molecule has 146 valence electrons. The third kappa shape index (κ3) is 2.39. The van der Waals surface area contributed by atoms with Gasteiger partial charge in [0.05, 0.1) is 11.9 Å². The Morgan fingerprint density at radius 1 is 1.14 bits per heavy atom. The molecule has 1 N–H and O–H groups in total. The second-order valence-electron chi connectivity index (χ2n) is 9.40. The average molecular weight is 378 g/mol. The van der Waals surface area contributed by atoms with Crippen molar-refractivity contribution in [2.24, 2.45) is 27.8 Å². The average Bonchev–Trinajstić information content (AvgIpc) is 3.04. The van der Waals surface area contributed by atoms with E-state index < -0.39 is 0 Å². The Bertz CT molecular complexity index is 959. The molecule has 0 spiro atoms. The van der Waals surface area contributed by atoms with Crippen LogP contribution in [0, 0.1) is 28.5 Å². The van der Waals surface area contributed by atoms with Crippen LogP contribution in [0.3, 0.4) is 0 Å². The Kier molecular flexibility index (Phi) is 3.91. The van der Waals surface area contributed by atoms with Crippen molar-refractivity contribution in [2.45, 2.75) is 52.4 Å². The molecule has 3 nitrogen and oxygen atoms in total. The van der Waals surface area contributed by atoms with E-state index in [1.54, 1.807) is 12.3 Å². The molecule has 4 aliphatic carbocycles. The summed E-state index contributed by atoms with van der Waals surface area (Å²) in [4.78, 5) is 4.08. The van der Waals surface area contributed by atoms with Gasteiger partial charge < -0.3 is 5.21 Å². The maximum atomic E-state index is 13.8. The fourth-order valence-electron chi connectivity index (χ4n) is 6.62.